The SMILES string of the molecule is CCCNC(c1ccc(C)o1)c1c(Br)cnn1CCC. The lowest BCUT2D eigenvalue weighted by Gasteiger charge is -2.18. The van der Waals surface area contributed by atoms with Gasteiger partial charge in [-0.1, -0.05) is 13.8 Å². The van der Waals surface area contributed by atoms with Gasteiger partial charge in [-0.05, 0) is 54.4 Å². The molecule has 0 saturated heterocycles. The lowest BCUT2D eigenvalue weighted by atomic mass is 10.1. The van der Waals surface area contributed by atoms with Crippen LogP contribution in [0.25, 0.3) is 0 Å². The summed E-state index contributed by atoms with van der Waals surface area (Å²) >= 11 is 3.62. The second kappa shape index (κ2) is 7.09. The number of aromatic nitrogens is 2. The maximum atomic E-state index is 5.83. The lowest BCUT2D eigenvalue weighted by Crippen LogP contribution is -2.26. The summed E-state index contributed by atoms with van der Waals surface area (Å²) < 4.78 is 8.90. The molecule has 0 saturated carbocycles. The van der Waals surface area contributed by atoms with Gasteiger partial charge in [-0.2, -0.15) is 5.10 Å². The molecule has 2 rings (SSSR count). The number of aryl methyl sites for hydroxylation is 2. The van der Waals surface area contributed by atoms with Crippen molar-refractivity contribution in [2.45, 2.75) is 46.2 Å². The zero-order chi connectivity index (χ0) is 14.5. The summed E-state index contributed by atoms with van der Waals surface area (Å²) in [5.74, 6) is 1.87. The molecule has 1 atom stereocenters. The van der Waals surface area contributed by atoms with Crippen LogP contribution < -0.4 is 5.32 Å². The van der Waals surface area contributed by atoms with E-state index in [1.54, 1.807) is 0 Å². The molecule has 1 N–H and O–H groups in total. The van der Waals surface area contributed by atoms with Gasteiger partial charge in [-0.25, -0.2) is 0 Å². The van der Waals surface area contributed by atoms with E-state index in [0.29, 0.717) is 0 Å². The average molecular weight is 340 g/mol. The van der Waals surface area contributed by atoms with Crippen molar-refractivity contribution < 1.29 is 4.42 Å². The normalized spacial score (nSPS) is 12.8. The molecule has 0 aliphatic rings. The first-order valence-electron chi connectivity index (χ1n) is 7.18. The highest BCUT2D eigenvalue weighted by Gasteiger charge is 2.23. The molecule has 110 valence electrons. The Balaban J connectivity index is 2.37. The highest BCUT2D eigenvalue weighted by Crippen LogP contribution is 2.30. The summed E-state index contributed by atoms with van der Waals surface area (Å²) in [5, 5.41) is 8.01. The van der Waals surface area contributed by atoms with E-state index in [-0.39, 0.29) is 6.04 Å². The Morgan fingerprint density at radius 1 is 1.35 bits per heavy atom. The minimum Gasteiger partial charge on any atom is -0.464 e. The largest absolute Gasteiger partial charge is 0.464 e. The van der Waals surface area contributed by atoms with Crippen molar-refractivity contribution in [1.29, 1.82) is 0 Å². The van der Waals surface area contributed by atoms with Crippen LogP contribution in [0, 0.1) is 6.92 Å². The van der Waals surface area contributed by atoms with E-state index in [1.165, 1.54) is 0 Å². The van der Waals surface area contributed by atoms with Crippen molar-refractivity contribution in [3.63, 3.8) is 0 Å². The van der Waals surface area contributed by atoms with Gasteiger partial charge in [0, 0.05) is 6.54 Å². The molecular weight excluding hydrogens is 318 g/mol. The number of hydrogen-bond donors (Lipinski definition) is 1. The minimum atomic E-state index is 0.0343. The third-order valence-corrected chi connectivity index (χ3v) is 3.80. The van der Waals surface area contributed by atoms with E-state index < -0.39 is 0 Å². The van der Waals surface area contributed by atoms with Crippen molar-refractivity contribution in [1.82, 2.24) is 15.1 Å². The second-order valence-electron chi connectivity index (χ2n) is 4.94. The zero-order valence-corrected chi connectivity index (χ0v) is 13.9. The van der Waals surface area contributed by atoms with Crippen LogP contribution in [0.15, 0.2) is 27.2 Å². The Hall–Kier alpha value is -1.07. The smallest absolute Gasteiger partial charge is 0.127 e. The van der Waals surface area contributed by atoms with Crippen LogP contribution in [0.2, 0.25) is 0 Å². The summed E-state index contributed by atoms with van der Waals surface area (Å²) in [7, 11) is 0. The van der Waals surface area contributed by atoms with E-state index in [2.05, 4.69) is 44.9 Å². The summed E-state index contributed by atoms with van der Waals surface area (Å²) in [6.45, 7) is 8.14. The van der Waals surface area contributed by atoms with Crippen molar-refractivity contribution in [3.05, 3.63) is 40.0 Å². The molecule has 0 radical (unpaired) electrons. The topological polar surface area (TPSA) is 43.0 Å². The summed E-state index contributed by atoms with van der Waals surface area (Å²) in [6.07, 6.45) is 4.00. The van der Waals surface area contributed by atoms with Crippen molar-refractivity contribution in [3.8, 4) is 0 Å². The van der Waals surface area contributed by atoms with Crippen LogP contribution in [-0.2, 0) is 6.54 Å². The molecule has 0 aromatic carbocycles. The zero-order valence-electron chi connectivity index (χ0n) is 12.3. The van der Waals surface area contributed by atoms with Gasteiger partial charge in [0.15, 0.2) is 0 Å². The fourth-order valence-corrected chi connectivity index (χ4v) is 2.80. The summed E-state index contributed by atoms with van der Waals surface area (Å²) in [6, 6.07) is 4.08. The van der Waals surface area contributed by atoms with Gasteiger partial charge >= 0.3 is 0 Å². The number of furan rings is 1. The maximum Gasteiger partial charge on any atom is 0.127 e. The van der Waals surface area contributed by atoms with E-state index in [0.717, 1.165) is 47.6 Å². The van der Waals surface area contributed by atoms with E-state index in [1.807, 2.05) is 25.3 Å². The first kappa shape index (κ1) is 15.3. The van der Waals surface area contributed by atoms with E-state index >= 15 is 0 Å². The number of hydrogen-bond acceptors (Lipinski definition) is 3. The van der Waals surface area contributed by atoms with Crippen molar-refractivity contribution in [2.75, 3.05) is 6.54 Å². The van der Waals surface area contributed by atoms with Crippen molar-refractivity contribution >= 4 is 15.9 Å². The Morgan fingerprint density at radius 3 is 2.75 bits per heavy atom. The van der Waals surface area contributed by atoms with Crippen LogP contribution in [0.4, 0.5) is 0 Å². The molecule has 2 heterocycles. The molecular formula is C15H22BrN3O. The van der Waals surface area contributed by atoms with Gasteiger partial charge in [0.05, 0.1) is 16.4 Å². The molecule has 0 aliphatic heterocycles. The Bertz CT molecular complexity index is 547. The monoisotopic (exact) mass is 339 g/mol. The van der Waals surface area contributed by atoms with Crippen LogP contribution in [0.3, 0.4) is 0 Å². The van der Waals surface area contributed by atoms with E-state index in [4.69, 9.17) is 4.42 Å². The number of halogens is 1. The molecule has 0 fully saturated rings. The first-order chi connectivity index (χ1) is 9.67. The second-order valence-corrected chi connectivity index (χ2v) is 5.79. The van der Waals surface area contributed by atoms with Gasteiger partial charge < -0.3 is 9.73 Å². The fraction of sp³-hybridized carbons (Fsp3) is 0.533. The Labute approximate surface area is 128 Å². The fourth-order valence-electron chi connectivity index (χ4n) is 2.28. The number of nitrogens with one attached hydrogen (secondary N) is 1. The predicted octanol–water partition coefficient (Wildman–Crippen LogP) is 4.05. The molecule has 0 spiro atoms. The Morgan fingerprint density at radius 2 is 2.15 bits per heavy atom. The quantitative estimate of drug-likeness (QED) is 0.827. The van der Waals surface area contributed by atoms with Crippen LogP contribution >= 0.6 is 15.9 Å². The Kier molecular flexibility index (Phi) is 5.43. The number of rotatable bonds is 7. The molecule has 1 unspecified atom stereocenters. The van der Waals surface area contributed by atoms with Gasteiger partial charge in [-0.15, -0.1) is 0 Å². The summed E-state index contributed by atoms with van der Waals surface area (Å²) in [4.78, 5) is 0. The molecule has 0 amide bonds. The first-order valence-corrected chi connectivity index (χ1v) is 7.97. The molecule has 5 heteroatoms. The molecule has 0 bridgehead atoms. The lowest BCUT2D eigenvalue weighted by molar-refractivity contribution is 0.410. The highest BCUT2D eigenvalue weighted by atomic mass is 79.9. The van der Waals surface area contributed by atoms with Crippen LogP contribution in [-0.4, -0.2) is 16.3 Å². The van der Waals surface area contributed by atoms with Crippen molar-refractivity contribution in [2.24, 2.45) is 0 Å². The van der Waals surface area contributed by atoms with Crippen LogP contribution in [0.5, 0.6) is 0 Å². The van der Waals surface area contributed by atoms with Gasteiger partial charge in [0.2, 0.25) is 0 Å². The highest BCUT2D eigenvalue weighted by molar-refractivity contribution is 9.10. The van der Waals surface area contributed by atoms with Gasteiger partial charge in [-0.3, -0.25) is 4.68 Å². The minimum absolute atomic E-state index is 0.0343. The van der Waals surface area contributed by atoms with Crippen LogP contribution in [0.1, 0.15) is 49.9 Å². The molecule has 0 aliphatic carbocycles. The molecule has 4 nitrogen and oxygen atoms in total. The molecule has 20 heavy (non-hydrogen) atoms. The predicted molar refractivity (Wildman–Crippen MR) is 83.8 cm³/mol. The molecule has 2 aromatic heterocycles. The van der Waals surface area contributed by atoms with Gasteiger partial charge in [0.1, 0.15) is 17.6 Å². The number of nitrogens with zero attached hydrogens (tertiary/aromatic N) is 2. The van der Waals surface area contributed by atoms with Gasteiger partial charge in [0.25, 0.3) is 0 Å². The maximum absolute atomic E-state index is 5.83. The third-order valence-electron chi connectivity index (χ3n) is 3.19. The summed E-state index contributed by atoms with van der Waals surface area (Å²) in [5.41, 5.74) is 1.13. The average Bonchev–Trinajstić information content (AvgIpc) is 3.00. The third kappa shape index (κ3) is 3.33. The standard InChI is InChI=1S/C15H22BrN3O/c1-4-8-17-14(13-7-6-11(3)20-13)15-12(16)10-18-19(15)9-5-2/h6-7,10,14,17H,4-5,8-9H2,1-3H3. The molecule has 2 aromatic rings. The van der Waals surface area contributed by atoms with E-state index in [9.17, 15) is 0 Å².